The molecule has 8 nitrogen and oxygen atoms in total. The first-order valence-corrected chi connectivity index (χ1v) is 11.8. The monoisotopic (exact) mass is 455 g/mol. The number of oxime groups is 1. The number of aromatic nitrogens is 1. The molecule has 0 atom stereocenters. The van der Waals surface area contributed by atoms with Gasteiger partial charge in [0.1, 0.15) is 24.7 Å². The van der Waals surface area contributed by atoms with Gasteiger partial charge in [0.25, 0.3) is 0 Å². The summed E-state index contributed by atoms with van der Waals surface area (Å²) in [6.07, 6.45) is 5.23. The van der Waals surface area contributed by atoms with Gasteiger partial charge in [-0.25, -0.2) is 8.42 Å². The lowest BCUT2D eigenvalue weighted by atomic mass is 10.2. The fraction of sp³-hybridized carbons (Fsp3) is 0.217. The highest BCUT2D eigenvalue weighted by atomic mass is 32.2. The minimum atomic E-state index is -3.21. The first-order valence-electron chi connectivity index (χ1n) is 9.92. The van der Waals surface area contributed by atoms with Gasteiger partial charge in [-0.1, -0.05) is 11.2 Å². The van der Waals surface area contributed by atoms with Crippen LogP contribution in [0.2, 0.25) is 0 Å². The lowest BCUT2D eigenvalue weighted by Crippen LogP contribution is -2.14. The van der Waals surface area contributed by atoms with Crippen molar-refractivity contribution in [3.63, 3.8) is 0 Å². The molecule has 0 bridgehead atoms. The summed E-state index contributed by atoms with van der Waals surface area (Å²) < 4.78 is 34.2. The topological polar surface area (TPSA) is 113 Å². The molecule has 2 aromatic carbocycles. The molecule has 1 heterocycles. The number of nitrogens with two attached hydrogens (primary N) is 1. The van der Waals surface area contributed by atoms with E-state index in [2.05, 4.69) is 10.1 Å². The van der Waals surface area contributed by atoms with Crippen LogP contribution in [0.3, 0.4) is 0 Å². The Morgan fingerprint density at radius 1 is 0.969 bits per heavy atom. The molecule has 0 aliphatic carbocycles. The quantitative estimate of drug-likeness (QED) is 0.204. The van der Waals surface area contributed by atoms with Gasteiger partial charge in [-0.3, -0.25) is 4.98 Å². The van der Waals surface area contributed by atoms with E-state index in [1.807, 2.05) is 36.4 Å². The Kier molecular flexibility index (Phi) is 8.04. The van der Waals surface area contributed by atoms with E-state index in [1.54, 1.807) is 24.5 Å². The van der Waals surface area contributed by atoms with E-state index in [-0.39, 0.29) is 10.7 Å². The number of pyridine rings is 1. The van der Waals surface area contributed by atoms with Gasteiger partial charge < -0.3 is 20.0 Å². The predicted molar refractivity (Wildman–Crippen MR) is 121 cm³/mol. The number of hydrogen-bond donors (Lipinski definition) is 1. The average Bonchev–Trinajstić information content (AvgIpc) is 2.80. The van der Waals surface area contributed by atoms with Crippen molar-refractivity contribution in [3.8, 4) is 11.5 Å². The van der Waals surface area contributed by atoms with E-state index < -0.39 is 9.84 Å². The van der Waals surface area contributed by atoms with Gasteiger partial charge in [-0.15, -0.1) is 0 Å². The van der Waals surface area contributed by atoms with Crippen molar-refractivity contribution < 1.29 is 22.7 Å². The normalized spacial score (nSPS) is 11.7. The minimum absolute atomic E-state index is 0.256. The largest absolute Gasteiger partial charge is 0.493 e. The summed E-state index contributed by atoms with van der Waals surface area (Å²) in [5.41, 5.74) is 7.67. The molecule has 0 saturated heterocycles. The van der Waals surface area contributed by atoms with Gasteiger partial charge >= 0.3 is 0 Å². The SMILES string of the molecule is CS(=O)(=O)c1ccc(OCCCO/N=C(/N)c2ccc(OCc3cccnc3)cc2)cc1. The van der Waals surface area contributed by atoms with Gasteiger partial charge in [0.05, 0.1) is 11.5 Å². The summed E-state index contributed by atoms with van der Waals surface area (Å²) in [5, 5.41) is 3.92. The molecule has 0 saturated carbocycles. The van der Waals surface area contributed by atoms with Crippen molar-refractivity contribution in [1.82, 2.24) is 4.98 Å². The van der Waals surface area contributed by atoms with Crippen LogP contribution in [0.25, 0.3) is 0 Å². The smallest absolute Gasteiger partial charge is 0.175 e. The zero-order valence-electron chi connectivity index (χ0n) is 17.7. The number of benzene rings is 2. The molecule has 0 fully saturated rings. The first kappa shape index (κ1) is 23.1. The van der Waals surface area contributed by atoms with Crippen molar-refractivity contribution >= 4 is 15.7 Å². The number of ether oxygens (including phenoxy) is 2. The van der Waals surface area contributed by atoms with E-state index >= 15 is 0 Å². The zero-order chi connectivity index (χ0) is 22.8. The summed E-state index contributed by atoms with van der Waals surface area (Å²) in [6, 6.07) is 17.3. The molecule has 0 spiro atoms. The summed E-state index contributed by atoms with van der Waals surface area (Å²) >= 11 is 0. The van der Waals surface area contributed by atoms with Gasteiger partial charge in [-0.2, -0.15) is 0 Å². The standard InChI is InChI=1S/C23H25N3O5S/c1-32(27,28)22-11-9-20(10-12-22)29-14-3-15-31-26-23(24)19-5-7-21(8-6-19)30-17-18-4-2-13-25-16-18/h2,4-13,16H,3,14-15,17H2,1H3,(H2,24,26). The second-order valence-electron chi connectivity index (χ2n) is 6.93. The van der Waals surface area contributed by atoms with Crippen LogP contribution < -0.4 is 15.2 Å². The third-order valence-electron chi connectivity index (χ3n) is 4.34. The van der Waals surface area contributed by atoms with Crippen LogP contribution in [-0.4, -0.2) is 38.7 Å². The second kappa shape index (κ2) is 11.1. The van der Waals surface area contributed by atoms with Crippen molar-refractivity contribution in [2.75, 3.05) is 19.5 Å². The Morgan fingerprint density at radius 3 is 2.31 bits per heavy atom. The van der Waals surface area contributed by atoms with Gasteiger partial charge in [-0.05, 0) is 54.6 Å². The highest BCUT2D eigenvalue weighted by Crippen LogP contribution is 2.16. The predicted octanol–water partition coefficient (Wildman–Crippen LogP) is 3.17. The molecule has 2 N–H and O–H groups in total. The maximum Gasteiger partial charge on any atom is 0.175 e. The van der Waals surface area contributed by atoms with E-state index in [0.29, 0.717) is 37.7 Å². The highest BCUT2D eigenvalue weighted by Gasteiger charge is 2.06. The summed E-state index contributed by atoms with van der Waals surface area (Å²) in [4.78, 5) is 9.56. The Labute approximate surface area is 187 Å². The summed E-state index contributed by atoms with van der Waals surface area (Å²) in [7, 11) is -3.21. The summed E-state index contributed by atoms with van der Waals surface area (Å²) in [5.74, 6) is 1.57. The molecule has 0 unspecified atom stereocenters. The fourth-order valence-electron chi connectivity index (χ4n) is 2.64. The average molecular weight is 456 g/mol. The van der Waals surface area contributed by atoms with Crippen LogP contribution in [0, 0.1) is 0 Å². The molecule has 3 aromatic rings. The first-order chi connectivity index (χ1) is 15.4. The Morgan fingerprint density at radius 2 is 1.66 bits per heavy atom. The Bertz CT molecular complexity index is 1120. The van der Waals surface area contributed by atoms with Crippen LogP contribution in [0.5, 0.6) is 11.5 Å². The van der Waals surface area contributed by atoms with Gasteiger partial charge in [0, 0.05) is 36.2 Å². The number of nitrogens with zero attached hydrogens (tertiary/aromatic N) is 2. The molecular formula is C23H25N3O5S. The van der Waals surface area contributed by atoms with E-state index in [4.69, 9.17) is 20.0 Å². The third-order valence-corrected chi connectivity index (χ3v) is 5.47. The molecular weight excluding hydrogens is 430 g/mol. The Hall–Kier alpha value is -3.59. The maximum atomic E-state index is 11.4. The highest BCUT2D eigenvalue weighted by molar-refractivity contribution is 7.90. The molecule has 0 aliphatic rings. The zero-order valence-corrected chi connectivity index (χ0v) is 18.5. The second-order valence-corrected chi connectivity index (χ2v) is 8.95. The maximum absolute atomic E-state index is 11.4. The number of hydrogen-bond acceptors (Lipinski definition) is 7. The van der Waals surface area contributed by atoms with Crippen LogP contribution in [0.1, 0.15) is 17.5 Å². The van der Waals surface area contributed by atoms with Crippen LogP contribution in [-0.2, 0) is 21.3 Å². The van der Waals surface area contributed by atoms with Crippen LogP contribution >= 0.6 is 0 Å². The van der Waals surface area contributed by atoms with Gasteiger partial charge in [0.2, 0.25) is 0 Å². The molecule has 0 amide bonds. The van der Waals surface area contributed by atoms with Crippen LogP contribution in [0.15, 0.2) is 83.1 Å². The van der Waals surface area contributed by atoms with Crippen molar-refractivity contribution in [1.29, 1.82) is 0 Å². The van der Waals surface area contributed by atoms with Crippen molar-refractivity contribution in [2.45, 2.75) is 17.9 Å². The summed E-state index contributed by atoms with van der Waals surface area (Å²) in [6.45, 7) is 1.16. The van der Waals surface area contributed by atoms with E-state index in [1.165, 1.54) is 18.4 Å². The lowest BCUT2D eigenvalue weighted by molar-refractivity contribution is 0.127. The van der Waals surface area contributed by atoms with Crippen molar-refractivity contribution in [2.24, 2.45) is 10.9 Å². The van der Waals surface area contributed by atoms with Crippen molar-refractivity contribution in [3.05, 3.63) is 84.2 Å². The molecule has 1 aromatic heterocycles. The van der Waals surface area contributed by atoms with Gasteiger partial charge in [0.15, 0.2) is 15.7 Å². The van der Waals surface area contributed by atoms with Crippen LogP contribution in [0.4, 0.5) is 0 Å². The molecule has 168 valence electrons. The Balaban J connectivity index is 1.37. The molecule has 0 aliphatic heterocycles. The minimum Gasteiger partial charge on any atom is -0.493 e. The molecule has 9 heteroatoms. The number of rotatable bonds is 11. The molecule has 0 radical (unpaired) electrons. The molecule has 3 rings (SSSR count). The van der Waals surface area contributed by atoms with E-state index in [0.717, 1.165) is 11.1 Å². The fourth-order valence-corrected chi connectivity index (χ4v) is 3.27. The lowest BCUT2D eigenvalue weighted by Gasteiger charge is -2.08. The molecule has 32 heavy (non-hydrogen) atoms. The number of amidine groups is 1. The third kappa shape index (κ3) is 7.28. The van der Waals surface area contributed by atoms with E-state index in [9.17, 15) is 8.42 Å². The number of sulfone groups is 1.